The van der Waals surface area contributed by atoms with E-state index in [2.05, 4.69) is 97.2 Å². The van der Waals surface area contributed by atoms with Crippen molar-refractivity contribution in [2.24, 2.45) is 0 Å². The molecule has 3 aliphatic heterocycles. The molecule has 430 valence electrons. The van der Waals surface area contributed by atoms with Gasteiger partial charge in [0, 0.05) is 62.4 Å². The molecule has 2 aromatic heterocycles. The van der Waals surface area contributed by atoms with Crippen molar-refractivity contribution in [2.75, 3.05) is 27.3 Å². The maximum Gasteiger partial charge on any atom is 0.494 e. The van der Waals surface area contributed by atoms with Gasteiger partial charge in [0.05, 0.1) is 42.9 Å². The summed E-state index contributed by atoms with van der Waals surface area (Å²) < 4.78 is 25.8. The van der Waals surface area contributed by atoms with Gasteiger partial charge in [-0.1, -0.05) is 83.2 Å². The number of aryl methyl sites for hydroxylation is 6. The topological polar surface area (TPSA) is 173 Å². The molecule has 17 heteroatoms. The lowest BCUT2D eigenvalue weighted by Crippen LogP contribution is -2.41. The van der Waals surface area contributed by atoms with Gasteiger partial charge >= 0.3 is 19.1 Å². The average molecular weight is 1120 g/mol. The molecule has 8 aromatic rings. The summed E-state index contributed by atoms with van der Waals surface area (Å²) in [5.74, 6) is -0.705. The van der Waals surface area contributed by atoms with Crippen LogP contribution in [0, 0.1) is 27.7 Å². The first kappa shape index (κ1) is 59.4. The number of aromatic nitrogens is 6. The highest BCUT2D eigenvalue weighted by Gasteiger charge is 2.52. The minimum Gasteiger partial charge on any atom is -0.469 e. The Morgan fingerprint density at radius 1 is 0.639 bits per heavy atom. The van der Waals surface area contributed by atoms with Crippen LogP contribution in [0.3, 0.4) is 0 Å². The van der Waals surface area contributed by atoms with Gasteiger partial charge in [-0.05, 0) is 191 Å². The molecular weight excluding hydrogens is 1040 g/mol. The number of hydrogen-bond donors (Lipinski definition) is 0. The van der Waals surface area contributed by atoms with E-state index in [1.165, 1.54) is 48.1 Å². The molecule has 6 aromatic carbocycles. The fourth-order valence-electron chi connectivity index (χ4n) is 11.4. The molecule has 0 radical (unpaired) electrons. The quantitative estimate of drug-likeness (QED) is 0.0682. The Morgan fingerprint density at radius 3 is 1.66 bits per heavy atom. The Balaban J connectivity index is 0.000000159. The number of methoxy groups -OCH3 is 2. The Morgan fingerprint density at radius 2 is 1.14 bits per heavy atom. The molecule has 1 fully saturated rings. The highest BCUT2D eigenvalue weighted by atomic mass is 16.7. The van der Waals surface area contributed by atoms with Gasteiger partial charge in [0.25, 0.3) is 11.8 Å². The Hall–Kier alpha value is -8.28. The normalized spacial score (nSPS) is 15.4. The second-order valence-corrected chi connectivity index (χ2v) is 22.5. The predicted molar refractivity (Wildman–Crippen MR) is 323 cm³/mol. The summed E-state index contributed by atoms with van der Waals surface area (Å²) >= 11 is 0. The molecule has 1 atom stereocenters. The highest BCUT2D eigenvalue weighted by Crippen LogP contribution is 2.39. The van der Waals surface area contributed by atoms with Crippen LogP contribution in [0.1, 0.15) is 136 Å². The van der Waals surface area contributed by atoms with E-state index in [9.17, 15) is 19.2 Å². The maximum absolute atomic E-state index is 13.2. The maximum atomic E-state index is 13.2. The van der Waals surface area contributed by atoms with E-state index in [0.717, 1.165) is 98.9 Å². The van der Waals surface area contributed by atoms with Crippen LogP contribution in [-0.2, 0) is 67.4 Å². The summed E-state index contributed by atoms with van der Waals surface area (Å²) in [6.45, 7) is 24.7. The average Bonchev–Trinajstić information content (AvgIpc) is 4.43. The van der Waals surface area contributed by atoms with Crippen LogP contribution in [0.5, 0.6) is 0 Å². The number of fused-ring (bicyclic) bond motifs is 4. The summed E-state index contributed by atoms with van der Waals surface area (Å²) in [5, 5.41) is 16.9. The number of benzene rings is 6. The molecule has 0 N–H and O–H groups in total. The van der Waals surface area contributed by atoms with Gasteiger partial charge in [0.1, 0.15) is 11.0 Å². The zero-order chi connectivity index (χ0) is 59.3. The number of amides is 2. The Bertz CT molecular complexity index is 3720. The second-order valence-electron chi connectivity index (χ2n) is 22.5. The van der Waals surface area contributed by atoms with E-state index in [-0.39, 0.29) is 54.4 Å². The predicted octanol–water partition coefficient (Wildman–Crippen LogP) is 10.4. The van der Waals surface area contributed by atoms with Crippen LogP contribution >= 0.6 is 0 Å². The van der Waals surface area contributed by atoms with Crippen molar-refractivity contribution in [3.63, 3.8) is 0 Å². The largest absolute Gasteiger partial charge is 0.494 e. The molecule has 0 bridgehead atoms. The minimum atomic E-state index is -0.380. The molecule has 1 saturated heterocycles. The van der Waals surface area contributed by atoms with E-state index in [1.807, 2.05) is 126 Å². The van der Waals surface area contributed by atoms with E-state index >= 15 is 0 Å². The number of ether oxygens (including phenoxy) is 2. The van der Waals surface area contributed by atoms with E-state index in [4.69, 9.17) is 14.0 Å². The van der Waals surface area contributed by atoms with Crippen molar-refractivity contribution in [3.8, 4) is 0 Å². The third kappa shape index (κ3) is 12.6. The van der Waals surface area contributed by atoms with Crippen LogP contribution in [0.15, 0.2) is 115 Å². The highest BCUT2D eigenvalue weighted by molar-refractivity contribution is 6.62. The second kappa shape index (κ2) is 25.1. The van der Waals surface area contributed by atoms with Gasteiger partial charge in [0.15, 0.2) is 0 Å². The van der Waals surface area contributed by atoms with E-state index in [0.29, 0.717) is 25.2 Å². The van der Waals surface area contributed by atoms with Crippen LogP contribution in [0.2, 0.25) is 0 Å². The molecule has 11 rings (SSSR count). The van der Waals surface area contributed by atoms with E-state index in [1.54, 1.807) is 6.08 Å². The van der Waals surface area contributed by atoms with Gasteiger partial charge in [-0.25, -0.2) is 14.2 Å². The van der Waals surface area contributed by atoms with Crippen molar-refractivity contribution in [1.29, 1.82) is 0 Å². The Labute approximate surface area is 486 Å². The van der Waals surface area contributed by atoms with Crippen molar-refractivity contribution < 1.29 is 38.0 Å². The minimum absolute atomic E-state index is 0.0423. The lowest BCUT2D eigenvalue weighted by Gasteiger charge is -2.32. The van der Waals surface area contributed by atoms with Gasteiger partial charge in [-0.2, -0.15) is 0 Å². The molecule has 83 heavy (non-hydrogen) atoms. The fourth-order valence-corrected chi connectivity index (χ4v) is 11.4. The van der Waals surface area contributed by atoms with Crippen molar-refractivity contribution in [1.82, 2.24) is 39.8 Å². The number of hydrogen-bond acceptors (Lipinski definition) is 12. The number of carbonyl (C=O) groups excluding carboxylic acids is 4. The van der Waals surface area contributed by atoms with Crippen LogP contribution in [-0.4, -0.2) is 109 Å². The molecule has 0 aliphatic carbocycles. The lowest BCUT2D eigenvalue weighted by atomic mass is 9.75. The third-order valence-electron chi connectivity index (χ3n) is 16.8. The first-order valence-electron chi connectivity index (χ1n) is 28.5. The van der Waals surface area contributed by atoms with Gasteiger partial charge < -0.3 is 28.6 Å². The fraction of sp³-hybridized carbons (Fsp3) is 0.364. The third-order valence-corrected chi connectivity index (χ3v) is 16.8. The van der Waals surface area contributed by atoms with Gasteiger partial charge in [-0.3, -0.25) is 14.4 Å². The smallest absolute Gasteiger partial charge is 0.469 e. The number of rotatable bonds is 11. The summed E-state index contributed by atoms with van der Waals surface area (Å²) in [7, 11) is 2.40. The van der Waals surface area contributed by atoms with Crippen molar-refractivity contribution >= 4 is 64.5 Å². The SMILES string of the molecule is CCn1nnc2c(C)c(/C=C/C(=O)OC)ccc21.CCn1nnc2c(C)c(C(CC(=O)OC)c3cc(C)c4c(c3)CN(C(=O)c3ccccc3)CC4)ccc21.Cc1cc(B2OC(C)(C)C(C)(C)O2)cc2c1CCN(C(=O)c1ccccc1)C2. The van der Waals surface area contributed by atoms with Crippen molar-refractivity contribution in [3.05, 3.63) is 188 Å². The summed E-state index contributed by atoms with van der Waals surface area (Å²) in [6, 6.07) is 35.7. The molecule has 0 saturated carbocycles. The van der Waals surface area contributed by atoms with Crippen LogP contribution in [0.4, 0.5) is 0 Å². The van der Waals surface area contributed by atoms with Gasteiger partial charge in [-0.15, -0.1) is 10.2 Å². The standard InChI is InChI=1S/C30H32N4O3.C23H28BNO3.C13H15N3O2/c1-5-34-27-12-11-25(20(3)29(27)31-32-34)26(17-28(35)37-4)22-15-19(2)24-13-14-33(18-23(24)16-22)30(36)21-9-7-6-8-10-21;1-16-13-19(24-27-22(2,3)23(4,5)28-24)14-18-15-25(12-11-20(16)18)21(26)17-9-7-6-8-10-17;1-4-16-11-7-5-10(6-8-12(17)18-3)9(2)13(11)14-15-16/h6-12,15-16,26H,5,13-14,17-18H2,1-4H3;6-10,13-14H,11-12,15H2,1-5H3;5-8H,4H2,1-3H3/b;;8-6+. The van der Waals surface area contributed by atoms with Crippen LogP contribution in [0.25, 0.3) is 28.1 Å². The molecule has 5 heterocycles. The lowest BCUT2D eigenvalue weighted by molar-refractivity contribution is -0.141. The molecule has 16 nitrogen and oxygen atoms in total. The summed E-state index contributed by atoms with van der Waals surface area (Å²) in [4.78, 5) is 53.5. The first-order chi connectivity index (χ1) is 39.8. The number of carbonyl (C=O) groups is 4. The zero-order valence-electron chi connectivity index (χ0n) is 49.9. The number of nitrogens with zero attached hydrogens (tertiary/aromatic N) is 8. The van der Waals surface area contributed by atoms with Crippen molar-refractivity contribution in [2.45, 2.75) is 132 Å². The Kier molecular flexibility index (Phi) is 17.9. The first-order valence-corrected chi connectivity index (χ1v) is 28.5. The monoisotopic (exact) mass is 1120 g/mol. The molecule has 1 unspecified atom stereocenters. The molecule has 3 aliphatic rings. The zero-order valence-corrected chi connectivity index (χ0v) is 49.9. The van der Waals surface area contributed by atoms with Crippen LogP contribution < -0.4 is 5.46 Å². The molecule has 0 spiro atoms. The number of esters is 2. The molecule has 2 amide bonds. The molecular formula is C66H75BN8O8. The van der Waals surface area contributed by atoms with E-state index < -0.39 is 0 Å². The summed E-state index contributed by atoms with van der Waals surface area (Å²) in [6.07, 6.45) is 5.04. The summed E-state index contributed by atoms with van der Waals surface area (Å²) in [5.41, 5.74) is 17.9. The van der Waals surface area contributed by atoms with Gasteiger partial charge in [0.2, 0.25) is 0 Å².